The lowest BCUT2D eigenvalue weighted by Gasteiger charge is -2.26. The minimum absolute atomic E-state index is 0.117. The van der Waals surface area contributed by atoms with Crippen LogP contribution in [0.3, 0.4) is 0 Å². The number of anilines is 1. The molecule has 104 valence electrons. The highest BCUT2D eigenvalue weighted by Gasteiger charge is 2.22. The minimum Gasteiger partial charge on any atom is -0.385 e. The van der Waals surface area contributed by atoms with Gasteiger partial charge in [-0.25, -0.2) is 13.2 Å². The third-order valence-electron chi connectivity index (χ3n) is 3.79. The Balaban J connectivity index is 1.92. The van der Waals surface area contributed by atoms with Gasteiger partial charge in [-0.1, -0.05) is 24.3 Å². The van der Waals surface area contributed by atoms with Crippen molar-refractivity contribution in [2.45, 2.75) is 18.8 Å². The number of para-hydroxylation sites is 1. The molecule has 1 nitrogen and oxygen atoms in total. The molecule has 1 unspecified atom stereocenters. The summed E-state index contributed by atoms with van der Waals surface area (Å²) in [4.78, 5) is 0. The summed E-state index contributed by atoms with van der Waals surface area (Å²) >= 11 is 0. The fraction of sp³-hybridized carbons (Fsp3) is 0.250. The standard InChI is InChI=1S/C16H14F3N/c17-13-6-5-11(15(18)16(13)19)9-10-7-8-20-14-4-2-1-3-12(10)14/h1-6,10,20H,7-9H2. The first-order chi connectivity index (χ1) is 9.66. The van der Waals surface area contributed by atoms with Gasteiger partial charge < -0.3 is 5.32 Å². The third-order valence-corrected chi connectivity index (χ3v) is 3.79. The SMILES string of the molecule is Fc1ccc(CC2CCNc3ccccc32)c(F)c1F. The van der Waals surface area contributed by atoms with Gasteiger partial charge in [-0.2, -0.15) is 0 Å². The quantitative estimate of drug-likeness (QED) is 0.809. The zero-order chi connectivity index (χ0) is 14.1. The summed E-state index contributed by atoms with van der Waals surface area (Å²) < 4.78 is 40.0. The van der Waals surface area contributed by atoms with Crippen molar-refractivity contribution in [3.63, 3.8) is 0 Å². The van der Waals surface area contributed by atoms with Crippen LogP contribution in [-0.4, -0.2) is 6.54 Å². The average molecular weight is 277 g/mol. The van der Waals surface area contributed by atoms with E-state index in [1.165, 1.54) is 6.07 Å². The molecular formula is C16H14F3N. The Morgan fingerprint density at radius 2 is 1.80 bits per heavy atom. The number of benzene rings is 2. The van der Waals surface area contributed by atoms with E-state index in [2.05, 4.69) is 5.32 Å². The van der Waals surface area contributed by atoms with Crippen LogP contribution in [0.15, 0.2) is 36.4 Å². The number of halogens is 3. The zero-order valence-corrected chi connectivity index (χ0v) is 10.8. The van der Waals surface area contributed by atoms with Gasteiger partial charge in [-0.3, -0.25) is 0 Å². The molecule has 3 rings (SSSR count). The summed E-state index contributed by atoms with van der Waals surface area (Å²) in [6.45, 7) is 0.799. The molecule has 0 radical (unpaired) electrons. The molecule has 0 aromatic heterocycles. The van der Waals surface area contributed by atoms with Gasteiger partial charge in [0.05, 0.1) is 0 Å². The van der Waals surface area contributed by atoms with Gasteiger partial charge in [-0.15, -0.1) is 0 Å². The molecule has 1 aliphatic heterocycles. The first kappa shape index (κ1) is 13.0. The summed E-state index contributed by atoms with van der Waals surface area (Å²) in [6, 6.07) is 10.2. The number of fused-ring (bicyclic) bond motifs is 1. The van der Waals surface area contributed by atoms with Crippen LogP contribution in [0.25, 0.3) is 0 Å². The molecule has 0 saturated heterocycles. The monoisotopic (exact) mass is 277 g/mol. The highest BCUT2D eigenvalue weighted by Crippen LogP contribution is 2.34. The van der Waals surface area contributed by atoms with Crippen molar-refractivity contribution >= 4 is 5.69 Å². The predicted octanol–water partition coefficient (Wildman–Crippen LogP) is 4.25. The van der Waals surface area contributed by atoms with Crippen LogP contribution < -0.4 is 5.32 Å². The number of rotatable bonds is 2. The zero-order valence-electron chi connectivity index (χ0n) is 10.8. The van der Waals surface area contributed by atoms with E-state index in [1.807, 2.05) is 24.3 Å². The van der Waals surface area contributed by atoms with E-state index >= 15 is 0 Å². The van der Waals surface area contributed by atoms with Gasteiger partial charge in [0.1, 0.15) is 0 Å². The Kier molecular flexibility index (Phi) is 3.38. The van der Waals surface area contributed by atoms with E-state index < -0.39 is 17.5 Å². The number of nitrogens with one attached hydrogen (secondary N) is 1. The van der Waals surface area contributed by atoms with Crippen molar-refractivity contribution in [1.82, 2.24) is 0 Å². The molecule has 0 aliphatic carbocycles. The number of hydrogen-bond acceptors (Lipinski definition) is 1. The maximum Gasteiger partial charge on any atom is 0.194 e. The summed E-state index contributed by atoms with van der Waals surface area (Å²) in [6.07, 6.45) is 1.22. The van der Waals surface area contributed by atoms with Gasteiger partial charge >= 0.3 is 0 Å². The highest BCUT2D eigenvalue weighted by molar-refractivity contribution is 5.55. The van der Waals surface area contributed by atoms with E-state index in [9.17, 15) is 13.2 Å². The maximum absolute atomic E-state index is 13.8. The average Bonchev–Trinajstić information content (AvgIpc) is 2.48. The lowest BCUT2D eigenvalue weighted by atomic mass is 9.86. The van der Waals surface area contributed by atoms with Crippen molar-refractivity contribution in [3.05, 3.63) is 65.0 Å². The molecule has 20 heavy (non-hydrogen) atoms. The lowest BCUT2D eigenvalue weighted by Crippen LogP contribution is -2.18. The van der Waals surface area contributed by atoms with Crippen LogP contribution in [0.1, 0.15) is 23.5 Å². The van der Waals surface area contributed by atoms with Gasteiger partial charge in [0.2, 0.25) is 0 Å². The van der Waals surface area contributed by atoms with Gasteiger partial charge in [0, 0.05) is 12.2 Å². The molecule has 1 atom stereocenters. The van der Waals surface area contributed by atoms with Crippen molar-refractivity contribution in [1.29, 1.82) is 0 Å². The topological polar surface area (TPSA) is 12.0 Å². The molecule has 0 amide bonds. The molecule has 2 aromatic rings. The highest BCUT2D eigenvalue weighted by atomic mass is 19.2. The van der Waals surface area contributed by atoms with E-state index in [0.717, 1.165) is 30.3 Å². The van der Waals surface area contributed by atoms with Crippen LogP contribution in [0, 0.1) is 17.5 Å². The molecule has 0 bridgehead atoms. The normalized spacial score (nSPS) is 17.4. The van der Waals surface area contributed by atoms with E-state index in [4.69, 9.17) is 0 Å². The van der Waals surface area contributed by atoms with Crippen LogP contribution in [0.5, 0.6) is 0 Å². The van der Waals surface area contributed by atoms with Crippen LogP contribution >= 0.6 is 0 Å². The second kappa shape index (κ2) is 5.19. The van der Waals surface area contributed by atoms with E-state index in [1.54, 1.807) is 0 Å². The molecule has 0 fully saturated rings. The van der Waals surface area contributed by atoms with Crippen molar-refractivity contribution in [3.8, 4) is 0 Å². The summed E-state index contributed by atoms with van der Waals surface area (Å²) in [7, 11) is 0. The second-order valence-electron chi connectivity index (χ2n) is 5.04. The molecule has 1 N–H and O–H groups in total. The van der Waals surface area contributed by atoms with Crippen LogP contribution in [0.4, 0.5) is 18.9 Å². The molecule has 4 heteroatoms. The Morgan fingerprint density at radius 3 is 2.65 bits per heavy atom. The molecule has 2 aromatic carbocycles. The Morgan fingerprint density at radius 1 is 1.00 bits per heavy atom. The molecule has 1 heterocycles. The Bertz CT molecular complexity index is 640. The third kappa shape index (κ3) is 2.26. The summed E-state index contributed by atoms with van der Waals surface area (Å²) in [5.41, 5.74) is 2.36. The smallest absolute Gasteiger partial charge is 0.194 e. The summed E-state index contributed by atoms with van der Waals surface area (Å²) in [5, 5.41) is 3.29. The van der Waals surface area contributed by atoms with Gasteiger partial charge in [0.25, 0.3) is 0 Å². The fourth-order valence-corrected chi connectivity index (χ4v) is 2.75. The van der Waals surface area contributed by atoms with Crippen LogP contribution in [-0.2, 0) is 6.42 Å². The molecule has 0 saturated carbocycles. The first-order valence-electron chi connectivity index (χ1n) is 6.62. The fourth-order valence-electron chi connectivity index (χ4n) is 2.75. The van der Waals surface area contributed by atoms with Crippen molar-refractivity contribution < 1.29 is 13.2 Å². The maximum atomic E-state index is 13.8. The van der Waals surface area contributed by atoms with Gasteiger partial charge in [-0.05, 0) is 42.0 Å². The van der Waals surface area contributed by atoms with Crippen LogP contribution in [0.2, 0.25) is 0 Å². The Labute approximate surface area is 115 Å². The van der Waals surface area contributed by atoms with Crippen molar-refractivity contribution in [2.24, 2.45) is 0 Å². The molecule has 1 aliphatic rings. The number of hydrogen-bond donors (Lipinski definition) is 1. The van der Waals surface area contributed by atoms with Gasteiger partial charge in [0.15, 0.2) is 17.5 Å². The molecular weight excluding hydrogens is 263 g/mol. The minimum atomic E-state index is -1.38. The first-order valence-corrected chi connectivity index (χ1v) is 6.62. The molecule has 0 spiro atoms. The Hall–Kier alpha value is -1.97. The predicted molar refractivity (Wildman–Crippen MR) is 72.3 cm³/mol. The summed E-state index contributed by atoms with van der Waals surface area (Å²) in [5.74, 6) is -3.48. The van der Waals surface area contributed by atoms with E-state index in [0.29, 0.717) is 6.42 Å². The largest absolute Gasteiger partial charge is 0.385 e. The second-order valence-corrected chi connectivity index (χ2v) is 5.04. The van der Waals surface area contributed by atoms with E-state index in [-0.39, 0.29) is 11.5 Å². The van der Waals surface area contributed by atoms with Crippen molar-refractivity contribution in [2.75, 3.05) is 11.9 Å². The lowest BCUT2D eigenvalue weighted by molar-refractivity contribution is 0.437.